The fourth-order valence-corrected chi connectivity index (χ4v) is 5.20. The molecule has 1 aromatic heterocycles. The predicted octanol–water partition coefficient (Wildman–Crippen LogP) is 2.30. The second-order valence-electron chi connectivity index (χ2n) is 7.45. The molecular weight excluding hydrogens is 352 g/mol. The molecule has 1 atom stereocenters. The number of rotatable bonds is 2. The molecule has 7 heteroatoms. The van der Waals surface area contributed by atoms with Crippen LogP contribution in [0.3, 0.4) is 0 Å². The number of amides is 2. The summed E-state index contributed by atoms with van der Waals surface area (Å²) >= 11 is 1.44. The van der Waals surface area contributed by atoms with Gasteiger partial charge in [0.2, 0.25) is 5.91 Å². The first kappa shape index (κ1) is 17.5. The van der Waals surface area contributed by atoms with Gasteiger partial charge in [0.15, 0.2) is 0 Å². The largest absolute Gasteiger partial charge is 0.458 e. The first-order valence-electron chi connectivity index (χ1n) is 9.42. The summed E-state index contributed by atoms with van der Waals surface area (Å²) in [6.45, 7) is 2.13. The first-order chi connectivity index (χ1) is 12.6. The van der Waals surface area contributed by atoms with Gasteiger partial charge in [-0.15, -0.1) is 11.3 Å². The van der Waals surface area contributed by atoms with E-state index in [2.05, 4.69) is 0 Å². The Kier molecular flexibility index (Phi) is 4.73. The van der Waals surface area contributed by atoms with Gasteiger partial charge in [-0.1, -0.05) is 12.5 Å². The summed E-state index contributed by atoms with van der Waals surface area (Å²) in [5.41, 5.74) is -0.573. The zero-order valence-corrected chi connectivity index (χ0v) is 15.6. The van der Waals surface area contributed by atoms with E-state index in [0.29, 0.717) is 26.2 Å². The monoisotopic (exact) mass is 376 g/mol. The van der Waals surface area contributed by atoms with Crippen molar-refractivity contribution >= 4 is 29.1 Å². The van der Waals surface area contributed by atoms with Gasteiger partial charge in [0.1, 0.15) is 5.60 Å². The van der Waals surface area contributed by atoms with Crippen LogP contribution in [0.4, 0.5) is 0 Å². The summed E-state index contributed by atoms with van der Waals surface area (Å²) in [5.74, 6) is -0.525. The van der Waals surface area contributed by atoms with Crippen molar-refractivity contribution in [2.45, 2.75) is 44.1 Å². The molecule has 3 heterocycles. The fraction of sp³-hybridized carbons (Fsp3) is 0.632. The molecule has 3 fully saturated rings. The third-order valence-electron chi connectivity index (χ3n) is 5.93. The average molecular weight is 376 g/mol. The molecule has 1 aromatic rings. The van der Waals surface area contributed by atoms with Crippen LogP contribution in [-0.4, -0.2) is 59.4 Å². The van der Waals surface area contributed by atoms with Crippen molar-refractivity contribution in [2.24, 2.45) is 5.92 Å². The lowest BCUT2D eigenvalue weighted by Gasteiger charge is -2.40. The van der Waals surface area contributed by atoms with Gasteiger partial charge in [0.05, 0.1) is 17.2 Å². The zero-order valence-electron chi connectivity index (χ0n) is 14.8. The summed E-state index contributed by atoms with van der Waals surface area (Å²) in [7, 11) is 0. The highest BCUT2D eigenvalue weighted by atomic mass is 32.1. The van der Waals surface area contributed by atoms with E-state index in [1.165, 1.54) is 11.3 Å². The summed E-state index contributed by atoms with van der Waals surface area (Å²) < 4.78 is 5.67. The predicted molar refractivity (Wildman–Crippen MR) is 96.8 cm³/mol. The number of piperazine rings is 1. The zero-order chi connectivity index (χ0) is 18.1. The number of hydrogen-bond acceptors (Lipinski definition) is 5. The van der Waals surface area contributed by atoms with Crippen LogP contribution in [-0.2, 0) is 14.3 Å². The molecule has 2 saturated heterocycles. The molecular formula is C19H24N2O4S. The Morgan fingerprint density at radius 1 is 1.08 bits per heavy atom. The van der Waals surface area contributed by atoms with Gasteiger partial charge in [-0.05, 0) is 37.1 Å². The molecule has 1 saturated carbocycles. The minimum absolute atomic E-state index is 0.0287. The van der Waals surface area contributed by atoms with Crippen molar-refractivity contribution in [3.8, 4) is 0 Å². The average Bonchev–Trinajstić information content (AvgIpc) is 3.30. The molecule has 0 aromatic carbocycles. The minimum atomic E-state index is -0.573. The smallest absolute Gasteiger partial charge is 0.307 e. The number of ether oxygens (including phenoxy) is 1. The Bertz CT molecular complexity index is 688. The maximum atomic E-state index is 13.1. The molecule has 4 rings (SSSR count). The normalized spacial score (nSPS) is 25.4. The van der Waals surface area contributed by atoms with Crippen molar-refractivity contribution in [2.75, 3.05) is 26.2 Å². The molecule has 2 aliphatic heterocycles. The van der Waals surface area contributed by atoms with E-state index >= 15 is 0 Å². The van der Waals surface area contributed by atoms with Gasteiger partial charge >= 0.3 is 5.97 Å². The molecule has 3 aliphatic rings. The van der Waals surface area contributed by atoms with Crippen LogP contribution < -0.4 is 0 Å². The highest BCUT2D eigenvalue weighted by molar-refractivity contribution is 7.12. The van der Waals surface area contributed by atoms with E-state index in [9.17, 15) is 14.4 Å². The van der Waals surface area contributed by atoms with E-state index in [1.54, 1.807) is 0 Å². The van der Waals surface area contributed by atoms with Crippen LogP contribution in [0.2, 0.25) is 0 Å². The molecule has 1 aliphatic carbocycles. The van der Waals surface area contributed by atoms with Crippen molar-refractivity contribution in [3.63, 3.8) is 0 Å². The molecule has 140 valence electrons. The molecule has 0 bridgehead atoms. The maximum absolute atomic E-state index is 13.1. The first-order valence-corrected chi connectivity index (χ1v) is 10.3. The lowest BCUT2D eigenvalue weighted by Crippen LogP contribution is -2.54. The Labute approximate surface area is 157 Å². The van der Waals surface area contributed by atoms with Gasteiger partial charge in [-0.2, -0.15) is 0 Å². The van der Waals surface area contributed by atoms with Crippen LogP contribution in [0.5, 0.6) is 0 Å². The molecule has 0 radical (unpaired) electrons. The minimum Gasteiger partial charge on any atom is -0.458 e. The fourth-order valence-electron chi connectivity index (χ4n) is 4.51. The summed E-state index contributed by atoms with van der Waals surface area (Å²) in [6, 6.07) is 3.71. The van der Waals surface area contributed by atoms with E-state index in [0.717, 1.165) is 37.0 Å². The van der Waals surface area contributed by atoms with E-state index < -0.39 is 5.60 Å². The molecule has 26 heavy (non-hydrogen) atoms. The highest BCUT2D eigenvalue weighted by Crippen LogP contribution is 2.45. The van der Waals surface area contributed by atoms with E-state index in [-0.39, 0.29) is 30.1 Å². The molecule has 6 nitrogen and oxygen atoms in total. The number of nitrogens with zero attached hydrogens (tertiary/aromatic N) is 2. The number of esters is 1. The Hall–Kier alpha value is -1.89. The van der Waals surface area contributed by atoms with Crippen molar-refractivity contribution in [3.05, 3.63) is 22.4 Å². The van der Waals surface area contributed by atoms with Gasteiger partial charge in [-0.3, -0.25) is 14.4 Å². The summed E-state index contributed by atoms with van der Waals surface area (Å²) in [5, 5.41) is 1.90. The Morgan fingerprint density at radius 3 is 2.42 bits per heavy atom. The lowest BCUT2D eigenvalue weighted by atomic mass is 9.75. The topological polar surface area (TPSA) is 66.9 Å². The highest BCUT2D eigenvalue weighted by Gasteiger charge is 2.53. The molecule has 2 amide bonds. The van der Waals surface area contributed by atoms with Crippen LogP contribution in [0.1, 0.15) is 48.2 Å². The Balaban J connectivity index is 1.40. The van der Waals surface area contributed by atoms with Crippen LogP contribution >= 0.6 is 11.3 Å². The third-order valence-corrected chi connectivity index (χ3v) is 6.79. The van der Waals surface area contributed by atoms with Crippen LogP contribution in [0, 0.1) is 5.92 Å². The van der Waals surface area contributed by atoms with E-state index in [1.807, 2.05) is 27.3 Å². The summed E-state index contributed by atoms with van der Waals surface area (Å²) in [4.78, 5) is 41.9. The number of hydrogen-bond donors (Lipinski definition) is 0. The van der Waals surface area contributed by atoms with Crippen LogP contribution in [0.25, 0.3) is 0 Å². The van der Waals surface area contributed by atoms with Gasteiger partial charge in [0.25, 0.3) is 5.91 Å². The van der Waals surface area contributed by atoms with Gasteiger partial charge in [-0.25, -0.2) is 0 Å². The Morgan fingerprint density at radius 2 is 1.77 bits per heavy atom. The quantitative estimate of drug-likeness (QED) is 0.743. The van der Waals surface area contributed by atoms with Crippen molar-refractivity contribution in [1.82, 2.24) is 9.80 Å². The SMILES string of the molecule is O=C1CC(C(=O)N2CCN(C(=O)c3cccs3)CC2)C2(CCCCC2)O1. The number of carbonyl (C=O) groups is 3. The summed E-state index contributed by atoms with van der Waals surface area (Å²) in [6.07, 6.45) is 4.97. The molecule has 0 N–H and O–H groups in total. The second-order valence-corrected chi connectivity index (χ2v) is 8.40. The third kappa shape index (κ3) is 3.13. The molecule has 1 spiro atoms. The van der Waals surface area contributed by atoms with Gasteiger partial charge in [0, 0.05) is 26.2 Å². The van der Waals surface area contributed by atoms with Crippen molar-refractivity contribution < 1.29 is 19.1 Å². The van der Waals surface area contributed by atoms with Gasteiger partial charge < -0.3 is 14.5 Å². The van der Waals surface area contributed by atoms with Crippen LogP contribution in [0.15, 0.2) is 17.5 Å². The number of carbonyl (C=O) groups excluding carboxylic acids is 3. The van der Waals surface area contributed by atoms with Crippen molar-refractivity contribution in [1.29, 1.82) is 0 Å². The maximum Gasteiger partial charge on any atom is 0.307 e. The second kappa shape index (κ2) is 7.02. The number of thiophene rings is 1. The standard InChI is InChI=1S/C19H24N2O4S/c22-16-13-14(19(25-16)6-2-1-3-7-19)17(23)20-8-10-21(11-9-20)18(24)15-5-4-12-26-15/h4-5,12,14H,1-3,6-11,13H2. The molecule has 1 unspecified atom stereocenters. The lowest BCUT2D eigenvalue weighted by molar-refractivity contribution is -0.156. The van der Waals surface area contributed by atoms with E-state index in [4.69, 9.17) is 4.74 Å².